The van der Waals surface area contributed by atoms with E-state index in [0.29, 0.717) is 6.42 Å². The molecule has 0 radical (unpaired) electrons. The van der Waals surface area contributed by atoms with E-state index in [1.165, 1.54) is 0 Å². The molecule has 1 amide bonds. The number of hydrogen-bond donors (Lipinski definition) is 2. The van der Waals surface area contributed by atoms with Gasteiger partial charge in [0.1, 0.15) is 6.61 Å². The van der Waals surface area contributed by atoms with Crippen LogP contribution in [-0.4, -0.2) is 59.8 Å². The van der Waals surface area contributed by atoms with Gasteiger partial charge in [-0.3, -0.25) is 10.2 Å². The summed E-state index contributed by atoms with van der Waals surface area (Å²) in [5.74, 6) is -0.738. The van der Waals surface area contributed by atoms with Gasteiger partial charge in [0.25, 0.3) is 0 Å². The zero-order valence-corrected chi connectivity index (χ0v) is 13.8. The minimum atomic E-state index is -0.738. The van der Waals surface area contributed by atoms with E-state index in [-0.39, 0.29) is 13.0 Å². The van der Waals surface area contributed by atoms with E-state index in [1.807, 2.05) is 35.3 Å². The Kier molecular flexibility index (Phi) is 7.51. The van der Waals surface area contributed by atoms with Gasteiger partial charge in [0.2, 0.25) is 0 Å². The molecule has 2 N–H and O–H groups in total. The van der Waals surface area contributed by atoms with Gasteiger partial charge in [-0.2, -0.15) is 0 Å². The third-order valence-corrected chi connectivity index (χ3v) is 3.95. The van der Waals surface area contributed by atoms with Crippen molar-refractivity contribution in [3.8, 4) is 0 Å². The Hall–Kier alpha value is -2.12. The molecule has 1 aliphatic heterocycles. The fourth-order valence-corrected chi connectivity index (χ4v) is 2.58. The average Bonchev–Trinajstić information content (AvgIpc) is 2.59. The van der Waals surface area contributed by atoms with Crippen molar-refractivity contribution in [1.82, 2.24) is 15.3 Å². The van der Waals surface area contributed by atoms with Crippen molar-refractivity contribution >= 4 is 12.1 Å². The Balaban J connectivity index is 1.57. The molecule has 1 fully saturated rings. The summed E-state index contributed by atoms with van der Waals surface area (Å²) in [6, 6.07) is 9.57. The first-order valence-corrected chi connectivity index (χ1v) is 8.30. The van der Waals surface area contributed by atoms with Gasteiger partial charge < -0.3 is 14.7 Å². The highest BCUT2D eigenvalue weighted by atomic mass is 16.6. The van der Waals surface area contributed by atoms with E-state index in [9.17, 15) is 9.59 Å². The third kappa shape index (κ3) is 6.97. The summed E-state index contributed by atoms with van der Waals surface area (Å²) < 4.78 is 5.20. The molecular weight excluding hydrogens is 310 g/mol. The van der Waals surface area contributed by atoms with E-state index in [4.69, 9.17) is 9.84 Å². The quantitative estimate of drug-likeness (QED) is 0.704. The summed E-state index contributed by atoms with van der Waals surface area (Å²) in [6.07, 6.45) is 1.39. The Morgan fingerprint density at radius 3 is 2.46 bits per heavy atom. The summed E-state index contributed by atoms with van der Waals surface area (Å²) in [7, 11) is 0. The largest absolute Gasteiger partial charge is 0.481 e. The number of piperazine rings is 1. The minimum Gasteiger partial charge on any atom is -0.481 e. The van der Waals surface area contributed by atoms with Gasteiger partial charge in [-0.05, 0) is 24.9 Å². The maximum Gasteiger partial charge on any atom is 0.422 e. The number of carboxylic acids is 1. The van der Waals surface area contributed by atoms with Crippen LogP contribution in [0.3, 0.4) is 0 Å². The molecule has 2 rings (SSSR count). The van der Waals surface area contributed by atoms with Crippen LogP contribution in [0.15, 0.2) is 30.3 Å². The highest BCUT2D eigenvalue weighted by molar-refractivity contribution is 5.66. The van der Waals surface area contributed by atoms with E-state index in [1.54, 1.807) is 0 Å². The second kappa shape index (κ2) is 9.89. The fraction of sp³-hybridized carbons (Fsp3) is 0.529. The molecular formula is C17H25N3O4. The van der Waals surface area contributed by atoms with Crippen molar-refractivity contribution < 1.29 is 19.4 Å². The number of benzene rings is 1. The number of unbranched alkanes of at least 4 members (excludes halogenated alkanes) is 1. The van der Waals surface area contributed by atoms with Gasteiger partial charge >= 0.3 is 12.1 Å². The van der Waals surface area contributed by atoms with Crippen LogP contribution in [0.1, 0.15) is 24.8 Å². The van der Waals surface area contributed by atoms with Crippen molar-refractivity contribution in [3.05, 3.63) is 35.9 Å². The van der Waals surface area contributed by atoms with Crippen LogP contribution in [0.25, 0.3) is 0 Å². The van der Waals surface area contributed by atoms with Gasteiger partial charge in [-0.25, -0.2) is 9.80 Å². The molecule has 0 aromatic heterocycles. The highest BCUT2D eigenvalue weighted by Crippen LogP contribution is 2.04. The molecule has 24 heavy (non-hydrogen) atoms. The number of hydrazine groups is 1. The molecule has 0 spiro atoms. The molecule has 1 saturated heterocycles. The minimum absolute atomic E-state index is 0.231. The predicted octanol–water partition coefficient (Wildman–Crippen LogP) is 1.70. The SMILES string of the molecule is O=C(O)CCCCN1CCN(NC(=O)OCc2ccccc2)CC1. The number of aliphatic carboxylic acids is 1. The number of nitrogens with one attached hydrogen (secondary N) is 1. The monoisotopic (exact) mass is 335 g/mol. The zero-order chi connectivity index (χ0) is 17.2. The number of rotatable bonds is 8. The lowest BCUT2D eigenvalue weighted by Crippen LogP contribution is -2.53. The summed E-state index contributed by atoms with van der Waals surface area (Å²) in [5, 5.41) is 10.5. The maximum absolute atomic E-state index is 11.8. The lowest BCUT2D eigenvalue weighted by Gasteiger charge is -2.34. The first-order chi connectivity index (χ1) is 11.6. The van der Waals surface area contributed by atoms with Crippen molar-refractivity contribution in [2.75, 3.05) is 32.7 Å². The van der Waals surface area contributed by atoms with Gasteiger partial charge in [0.15, 0.2) is 0 Å². The second-order valence-corrected chi connectivity index (χ2v) is 5.85. The summed E-state index contributed by atoms with van der Waals surface area (Å²) in [4.78, 5) is 24.6. The average molecular weight is 335 g/mol. The Bertz CT molecular complexity index is 516. The Morgan fingerprint density at radius 2 is 1.79 bits per heavy atom. The molecule has 1 aromatic rings. The Labute approximate surface area is 142 Å². The van der Waals surface area contributed by atoms with Gasteiger partial charge in [-0.15, -0.1) is 0 Å². The number of hydrogen-bond acceptors (Lipinski definition) is 5. The van der Waals surface area contributed by atoms with Crippen molar-refractivity contribution in [1.29, 1.82) is 0 Å². The lowest BCUT2D eigenvalue weighted by molar-refractivity contribution is -0.137. The summed E-state index contributed by atoms with van der Waals surface area (Å²) in [5.41, 5.74) is 3.72. The van der Waals surface area contributed by atoms with Gasteiger partial charge in [0.05, 0.1) is 0 Å². The van der Waals surface area contributed by atoms with E-state index in [0.717, 1.165) is 44.7 Å². The highest BCUT2D eigenvalue weighted by Gasteiger charge is 2.18. The molecule has 0 bridgehead atoms. The van der Waals surface area contributed by atoms with E-state index < -0.39 is 12.1 Å². The molecule has 7 nitrogen and oxygen atoms in total. The number of ether oxygens (including phenoxy) is 1. The number of carbonyl (C=O) groups is 2. The zero-order valence-electron chi connectivity index (χ0n) is 13.8. The molecule has 7 heteroatoms. The molecule has 0 unspecified atom stereocenters. The third-order valence-electron chi connectivity index (χ3n) is 3.95. The van der Waals surface area contributed by atoms with Crippen LogP contribution in [0.2, 0.25) is 0 Å². The lowest BCUT2D eigenvalue weighted by atomic mass is 10.2. The first-order valence-electron chi connectivity index (χ1n) is 8.30. The van der Waals surface area contributed by atoms with Crippen LogP contribution < -0.4 is 5.43 Å². The van der Waals surface area contributed by atoms with E-state index >= 15 is 0 Å². The molecule has 0 aliphatic carbocycles. The molecule has 1 heterocycles. The molecule has 1 aliphatic rings. The fourth-order valence-electron chi connectivity index (χ4n) is 2.58. The van der Waals surface area contributed by atoms with Crippen molar-refractivity contribution in [2.45, 2.75) is 25.9 Å². The normalized spacial score (nSPS) is 15.8. The second-order valence-electron chi connectivity index (χ2n) is 5.85. The van der Waals surface area contributed by atoms with Gasteiger partial charge in [0, 0.05) is 32.6 Å². The van der Waals surface area contributed by atoms with Crippen LogP contribution in [0.4, 0.5) is 4.79 Å². The summed E-state index contributed by atoms with van der Waals surface area (Å²) in [6.45, 7) is 4.34. The molecule has 0 saturated carbocycles. The van der Waals surface area contributed by atoms with Crippen LogP contribution in [0, 0.1) is 0 Å². The molecule has 1 aromatic carbocycles. The number of carboxylic acid groups (broad SMARTS) is 1. The smallest absolute Gasteiger partial charge is 0.422 e. The molecule has 132 valence electrons. The van der Waals surface area contributed by atoms with Crippen molar-refractivity contribution in [3.63, 3.8) is 0 Å². The predicted molar refractivity (Wildman–Crippen MR) is 89.3 cm³/mol. The van der Waals surface area contributed by atoms with Crippen LogP contribution >= 0.6 is 0 Å². The number of amides is 1. The van der Waals surface area contributed by atoms with Crippen LogP contribution in [0.5, 0.6) is 0 Å². The summed E-state index contributed by atoms with van der Waals surface area (Å²) >= 11 is 0. The topological polar surface area (TPSA) is 82.1 Å². The number of carbonyl (C=O) groups excluding carboxylic acids is 1. The number of nitrogens with zero attached hydrogens (tertiary/aromatic N) is 2. The van der Waals surface area contributed by atoms with Crippen molar-refractivity contribution in [2.24, 2.45) is 0 Å². The maximum atomic E-state index is 11.8. The first kappa shape index (κ1) is 18.2. The van der Waals surface area contributed by atoms with Gasteiger partial charge in [-0.1, -0.05) is 30.3 Å². The van der Waals surface area contributed by atoms with Crippen LogP contribution in [-0.2, 0) is 16.1 Å². The Morgan fingerprint density at radius 1 is 1.08 bits per heavy atom. The molecule has 0 atom stereocenters. The standard InChI is InChI=1S/C17H25N3O4/c21-16(22)8-4-5-9-19-10-12-20(13-11-19)18-17(23)24-14-15-6-2-1-3-7-15/h1-3,6-7H,4-5,8-14H2,(H,18,23)(H,21,22). The van der Waals surface area contributed by atoms with E-state index in [2.05, 4.69) is 10.3 Å².